The maximum Gasteiger partial charge on any atom is 0.189 e. The van der Waals surface area contributed by atoms with Crippen LogP contribution in [0.5, 0.6) is 0 Å². The molecule has 0 N–H and O–H groups in total. The molecule has 0 amide bonds. The first-order valence-corrected chi connectivity index (χ1v) is 4.40. The number of nitrogens with zero attached hydrogens (tertiary/aromatic N) is 1. The van der Waals surface area contributed by atoms with Crippen LogP contribution in [0.3, 0.4) is 0 Å². The molecule has 14 heavy (non-hydrogen) atoms. The molecule has 0 unspecified atom stereocenters. The Morgan fingerprint density at radius 3 is 2.71 bits per heavy atom. The zero-order valence-corrected chi connectivity index (χ0v) is 8.15. The maximum atomic E-state index is 11.6. The zero-order valence-electron chi connectivity index (χ0n) is 8.15. The number of rotatable bonds is 1. The minimum atomic E-state index is 0.0337. The molecule has 1 aromatic heterocycles. The molecule has 2 rings (SSSR count). The van der Waals surface area contributed by atoms with E-state index in [1.54, 1.807) is 24.0 Å². The van der Waals surface area contributed by atoms with Gasteiger partial charge in [0.05, 0.1) is 11.2 Å². The van der Waals surface area contributed by atoms with Crippen LogP contribution >= 0.6 is 0 Å². The lowest BCUT2D eigenvalue weighted by atomic mass is 10.2. The molecule has 3 heteroatoms. The van der Waals surface area contributed by atoms with Crippen LogP contribution in [0, 0.1) is 6.92 Å². The molecule has 0 aliphatic carbocycles. The van der Waals surface area contributed by atoms with Crippen LogP contribution in [0.2, 0.25) is 0 Å². The van der Waals surface area contributed by atoms with E-state index in [0.717, 1.165) is 11.2 Å². The van der Waals surface area contributed by atoms with Crippen LogP contribution < -0.4 is 10.3 Å². The van der Waals surface area contributed by atoms with Gasteiger partial charge in [0.25, 0.3) is 0 Å². The second-order valence-corrected chi connectivity index (χ2v) is 3.14. The highest BCUT2D eigenvalue weighted by atomic mass is 16.6. The van der Waals surface area contributed by atoms with Gasteiger partial charge in [-0.05, 0) is 19.1 Å². The quantitative estimate of drug-likeness (QED) is 0.678. The zero-order chi connectivity index (χ0) is 10.1. The summed E-state index contributed by atoms with van der Waals surface area (Å²) in [5.41, 5.74) is 1.64. The van der Waals surface area contributed by atoms with Crippen LogP contribution in [0.4, 0.5) is 0 Å². The summed E-state index contributed by atoms with van der Waals surface area (Å²) in [6.07, 6.45) is 0. The third-order valence-corrected chi connectivity index (χ3v) is 2.23. The highest BCUT2D eigenvalue weighted by Crippen LogP contribution is 2.10. The summed E-state index contributed by atoms with van der Waals surface area (Å²) in [5, 5.41) is 0.681. The van der Waals surface area contributed by atoms with Gasteiger partial charge in [0.1, 0.15) is 7.11 Å². The van der Waals surface area contributed by atoms with Gasteiger partial charge in [0.2, 0.25) is 0 Å². The van der Waals surface area contributed by atoms with E-state index >= 15 is 0 Å². The van der Waals surface area contributed by atoms with Crippen LogP contribution in [0.25, 0.3) is 10.9 Å². The van der Waals surface area contributed by atoms with Crippen LogP contribution in [-0.2, 0) is 0 Å². The van der Waals surface area contributed by atoms with Gasteiger partial charge in [0, 0.05) is 11.5 Å². The van der Waals surface area contributed by atoms with E-state index in [1.807, 2.05) is 25.1 Å². The van der Waals surface area contributed by atoms with E-state index in [2.05, 4.69) is 0 Å². The SMILES string of the molecule is COn1c(C)cc(=O)c2ccccc21. The largest absolute Gasteiger partial charge is 0.417 e. The Hall–Kier alpha value is -1.77. The molecule has 1 heterocycles. The van der Waals surface area contributed by atoms with E-state index < -0.39 is 0 Å². The average Bonchev–Trinajstić information content (AvgIpc) is 2.18. The van der Waals surface area contributed by atoms with Crippen molar-refractivity contribution in [2.75, 3.05) is 7.11 Å². The van der Waals surface area contributed by atoms with Crippen molar-refractivity contribution in [2.45, 2.75) is 6.92 Å². The topological polar surface area (TPSA) is 31.2 Å². The average molecular weight is 189 g/mol. The van der Waals surface area contributed by atoms with Crippen molar-refractivity contribution < 1.29 is 4.84 Å². The molecule has 0 radical (unpaired) electrons. The standard InChI is InChI=1S/C11H11NO2/c1-8-7-11(13)9-5-3-4-6-10(9)12(8)14-2/h3-7H,1-2H3. The van der Waals surface area contributed by atoms with Crippen molar-refractivity contribution in [3.63, 3.8) is 0 Å². The van der Waals surface area contributed by atoms with Crippen LogP contribution in [-0.4, -0.2) is 11.8 Å². The molecule has 0 atom stereocenters. The predicted molar refractivity (Wildman–Crippen MR) is 55.4 cm³/mol. The number of hydrogen-bond donors (Lipinski definition) is 0. The number of hydrogen-bond acceptors (Lipinski definition) is 2. The third-order valence-electron chi connectivity index (χ3n) is 2.23. The Kier molecular flexibility index (Phi) is 2.00. The Morgan fingerprint density at radius 1 is 1.29 bits per heavy atom. The van der Waals surface area contributed by atoms with Gasteiger partial charge in [-0.3, -0.25) is 4.79 Å². The summed E-state index contributed by atoms with van der Waals surface area (Å²) in [7, 11) is 1.59. The number of aryl methyl sites for hydroxylation is 1. The molecule has 0 saturated heterocycles. The van der Waals surface area contributed by atoms with Gasteiger partial charge in [-0.1, -0.05) is 12.1 Å². The van der Waals surface area contributed by atoms with E-state index in [9.17, 15) is 4.79 Å². The van der Waals surface area contributed by atoms with Gasteiger partial charge >= 0.3 is 0 Å². The van der Waals surface area contributed by atoms with Crippen molar-refractivity contribution in [1.29, 1.82) is 0 Å². The molecular formula is C11H11NO2. The summed E-state index contributed by atoms with van der Waals surface area (Å²) in [4.78, 5) is 16.8. The van der Waals surface area contributed by atoms with Gasteiger partial charge < -0.3 is 4.84 Å². The molecule has 0 aliphatic heterocycles. The monoisotopic (exact) mass is 189 g/mol. The van der Waals surface area contributed by atoms with E-state index in [1.165, 1.54) is 0 Å². The Labute approximate surface area is 81.5 Å². The van der Waals surface area contributed by atoms with Crippen molar-refractivity contribution in [3.05, 3.63) is 46.2 Å². The fourth-order valence-corrected chi connectivity index (χ4v) is 1.62. The van der Waals surface area contributed by atoms with Crippen LogP contribution in [0.15, 0.2) is 35.1 Å². The highest BCUT2D eigenvalue weighted by Gasteiger charge is 2.04. The molecule has 3 nitrogen and oxygen atoms in total. The fourth-order valence-electron chi connectivity index (χ4n) is 1.62. The molecular weight excluding hydrogens is 178 g/mol. The maximum absolute atomic E-state index is 11.6. The van der Waals surface area contributed by atoms with E-state index in [0.29, 0.717) is 5.39 Å². The highest BCUT2D eigenvalue weighted by molar-refractivity contribution is 5.78. The number of para-hydroxylation sites is 1. The first-order valence-electron chi connectivity index (χ1n) is 4.40. The number of pyridine rings is 1. The minimum absolute atomic E-state index is 0.0337. The summed E-state index contributed by atoms with van der Waals surface area (Å²) in [6.45, 7) is 1.84. The predicted octanol–water partition coefficient (Wildman–Crippen LogP) is 1.37. The summed E-state index contributed by atoms with van der Waals surface area (Å²) in [5.74, 6) is 0. The molecule has 0 aliphatic rings. The Morgan fingerprint density at radius 2 is 2.00 bits per heavy atom. The fraction of sp³-hybridized carbons (Fsp3) is 0.182. The smallest absolute Gasteiger partial charge is 0.189 e. The second-order valence-electron chi connectivity index (χ2n) is 3.14. The van der Waals surface area contributed by atoms with Gasteiger partial charge in [0.15, 0.2) is 5.43 Å². The van der Waals surface area contributed by atoms with Crippen molar-refractivity contribution in [3.8, 4) is 0 Å². The Balaban J connectivity index is 2.98. The first kappa shape index (κ1) is 8.81. The molecule has 72 valence electrons. The lowest BCUT2D eigenvalue weighted by Gasteiger charge is -2.11. The van der Waals surface area contributed by atoms with E-state index in [-0.39, 0.29) is 5.43 Å². The van der Waals surface area contributed by atoms with Gasteiger partial charge in [-0.2, -0.15) is 4.73 Å². The summed E-state index contributed by atoms with van der Waals surface area (Å²) < 4.78 is 1.65. The van der Waals surface area contributed by atoms with Gasteiger partial charge in [-0.25, -0.2) is 0 Å². The second kappa shape index (κ2) is 3.18. The molecule has 0 saturated carbocycles. The third kappa shape index (κ3) is 1.18. The summed E-state index contributed by atoms with van der Waals surface area (Å²) >= 11 is 0. The number of benzene rings is 1. The first-order chi connectivity index (χ1) is 6.74. The van der Waals surface area contributed by atoms with Crippen LogP contribution in [0.1, 0.15) is 5.69 Å². The molecule has 0 bridgehead atoms. The molecule has 0 fully saturated rings. The number of aromatic nitrogens is 1. The molecule has 2 aromatic rings. The van der Waals surface area contributed by atoms with E-state index in [4.69, 9.17) is 4.84 Å². The molecule has 0 spiro atoms. The summed E-state index contributed by atoms with van der Waals surface area (Å²) in [6, 6.07) is 8.97. The van der Waals surface area contributed by atoms with Crippen molar-refractivity contribution >= 4 is 10.9 Å². The van der Waals surface area contributed by atoms with Crippen molar-refractivity contribution in [2.24, 2.45) is 0 Å². The minimum Gasteiger partial charge on any atom is -0.417 e. The number of fused-ring (bicyclic) bond motifs is 1. The normalized spacial score (nSPS) is 10.4. The Bertz CT molecular complexity index is 528. The van der Waals surface area contributed by atoms with Gasteiger partial charge in [-0.15, -0.1) is 0 Å². The lowest BCUT2D eigenvalue weighted by Crippen LogP contribution is -2.16. The molecule has 1 aromatic carbocycles. The van der Waals surface area contributed by atoms with Crippen molar-refractivity contribution in [1.82, 2.24) is 4.73 Å². The lowest BCUT2D eigenvalue weighted by molar-refractivity contribution is 0.171.